The number of hydrogen-bond donors (Lipinski definition) is 1. The fourth-order valence-corrected chi connectivity index (χ4v) is 0.987. The molecule has 0 radical (unpaired) electrons. The average Bonchev–Trinajstić information content (AvgIpc) is 2.58. The minimum Gasteiger partial charge on any atom is -0.433 e. The maximum absolute atomic E-state index is 12.1. The number of aliphatic hydroxyl groups is 1. The number of aliphatic hydroxyl groups excluding tert-OH is 1. The molecule has 0 saturated carbocycles. The van der Waals surface area contributed by atoms with Gasteiger partial charge < -0.3 is 19.3 Å². The zero-order chi connectivity index (χ0) is 27.4. The summed E-state index contributed by atoms with van der Waals surface area (Å²) in [5, 5.41) is 7.76. The first-order chi connectivity index (χ1) is 14.5. The number of alkyl halides is 9. The number of hydrogen-bond acceptors (Lipinski definition) is 6. The zero-order valence-corrected chi connectivity index (χ0v) is 17.8. The van der Waals surface area contributed by atoms with Crippen molar-refractivity contribution in [2.24, 2.45) is 0 Å². The van der Waals surface area contributed by atoms with Crippen LogP contribution in [0.1, 0.15) is 27.7 Å². The van der Waals surface area contributed by atoms with Crippen LogP contribution in [0.25, 0.3) is 0 Å². The van der Waals surface area contributed by atoms with Crippen molar-refractivity contribution in [3.05, 3.63) is 37.1 Å². The monoisotopic (exact) mass is 506 g/mol. The number of carbonyl (C=O) groups is 2. The van der Waals surface area contributed by atoms with Crippen LogP contribution in [-0.2, 0) is 23.8 Å². The molecule has 194 valence electrons. The van der Waals surface area contributed by atoms with E-state index in [4.69, 9.17) is 5.11 Å². The van der Waals surface area contributed by atoms with Crippen molar-refractivity contribution >= 4 is 11.9 Å². The Bertz CT molecular complexity index is 650. The number of halogens is 9. The van der Waals surface area contributed by atoms with Gasteiger partial charge in [-0.05, 0) is 27.7 Å². The molecule has 33 heavy (non-hydrogen) atoms. The molecular formula is C18H23F9O6. The quantitative estimate of drug-likeness (QED) is 0.177. The van der Waals surface area contributed by atoms with E-state index in [0.717, 1.165) is 13.2 Å². The van der Waals surface area contributed by atoms with E-state index < -0.39 is 49.0 Å². The summed E-state index contributed by atoms with van der Waals surface area (Å²) in [5.74, 6) is -1.58. The third-order valence-electron chi connectivity index (χ3n) is 2.56. The van der Waals surface area contributed by atoms with Crippen LogP contribution < -0.4 is 0 Å². The zero-order valence-electron chi connectivity index (χ0n) is 17.8. The predicted molar refractivity (Wildman–Crippen MR) is 96.2 cm³/mol. The van der Waals surface area contributed by atoms with Gasteiger partial charge in [0.2, 0.25) is 6.29 Å². The van der Waals surface area contributed by atoms with Crippen LogP contribution in [0, 0.1) is 0 Å². The standard InChI is InChI=1S/C9H10F6O3.C6H8O2.C3H5F3O/c1-4(2)6(16)17-5(3)18-7(8(10,11)12)9(13,14)15;1-4-8-6(7)5(2)3;1-2(7)3(4,5)6/h5,7H,1H2,2-3H3;4H,1-2H2,3H3;2,7H,1H3. The summed E-state index contributed by atoms with van der Waals surface area (Å²) in [7, 11) is 0. The highest BCUT2D eigenvalue weighted by Crippen LogP contribution is 2.36. The highest BCUT2D eigenvalue weighted by molar-refractivity contribution is 5.87. The Morgan fingerprint density at radius 3 is 1.33 bits per heavy atom. The number of ether oxygens (including phenoxy) is 3. The molecule has 0 amide bonds. The summed E-state index contributed by atoms with van der Waals surface area (Å²) >= 11 is 0. The Kier molecular flexibility index (Phi) is 15.5. The fraction of sp³-hybridized carbons (Fsp3) is 0.556. The van der Waals surface area contributed by atoms with Gasteiger partial charge in [-0.15, -0.1) is 0 Å². The van der Waals surface area contributed by atoms with E-state index in [0.29, 0.717) is 12.5 Å². The number of rotatable bonds is 6. The number of esters is 2. The molecule has 0 aliphatic carbocycles. The Morgan fingerprint density at radius 1 is 0.818 bits per heavy atom. The highest BCUT2D eigenvalue weighted by Gasteiger charge is 2.58. The molecule has 0 spiro atoms. The Morgan fingerprint density at radius 2 is 1.15 bits per heavy atom. The molecule has 0 heterocycles. The van der Waals surface area contributed by atoms with Crippen molar-refractivity contribution in [3.63, 3.8) is 0 Å². The van der Waals surface area contributed by atoms with Gasteiger partial charge in [-0.1, -0.05) is 19.7 Å². The van der Waals surface area contributed by atoms with Gasteiger partial charge >= 0.3 is 30.5 Å². The topological polar surface area (TPSA) is 82.1 Å². The molecule has 0 saturated heterocycles. The maximum Gasteiger partial charge on any atom is 0.423 e. The molecule has 0 bridgehead atoms. The first-order valence-electron chi connectivity index (χ1n) is 8.35. The Balaban J connectivity index is -0.000000493. The van der Waals surface area contributed by atoms with Crippen molar-refractivity contribution in [2.45, 2.75) is 64.7 Å². The van der Waals surface area contributed by atoms with E-state index in [9.17, 15) is 49.1 Å². The van der Waals surface area contributed by atoms with E-state index in [1.54, 1.807) is 6.92 Å². The summed E-state index contributed by atoms with van der Waals surface area (Å²) in [6.45, 7) is 13.8. The lowest BCUT2D eigenvalue weighted by Gasteiger charge is -2.26. The van der Waals surface area contributed by atoms with Gasteiger partial charge in [-0.25, -0.2) is 9.59 Å². The highest BCUT2D eigenvalue weighted by atomic mass is 19.4. The summed E-state index contributed by atoms with van der Waals surface area (Å²) in [4.78, 5) is 21.2. The fourth-order valence-electron chi connectivity index (χ4n) is 0.987. The lowest BCUT2D eigenvalue weighted by atomic mass is 10.3. The predicted octanol–water partition coefficient (Wildman–Crippen LogP) is 5.14. The summed E-state index contributed by atoms with van der Waals surface area (Å²) < 4.78 is 117. The molecule has 6 nitrogen and oxygen atoms in total. The summed E-state index contributed by atoms with van der Waals surface area (Å²) in [6.07, 6.45) is -22.9. The molecule has 2 atom stereocenters. The van der Waals surface area contributed by atoms with Crippen LogP contribution in [0.5, 0.6) is 0 Å². The van der Waals surface area contributed by atoms with E-state index in [1.807, 2.05) is 0 Å². The second-order valence-electron chi connectivity index (χ2n) is 5.92. The van der Waals surface area contributed by atoms with Crippen LogP contribution >= 0.6 is 0 Å². The van der Waals surface area contributed by atoms with Gasteiger partial charge in [-0.2, -0.15) is 39.5 Å². The molecule has 0 rings (SSSR count). The Hall–Kier alpha value is -2.55. The molecule has 0 aliphatic heterocycles. The molecule has 2 unspecified atom stereocenters. The molecule has 0 fully saturated rings. The lowest BCUT2D eigenvalue weighted by Crippen LogP contribution is -2.46. The van der Waals surface area contributed by atoms with Crippen LogP contribution in [0.4, 0.5) is 39.5 Å². The van der Waals surface area contributed by atoms with Gasteiger partial charge in [0, 0.05) is 11.1 Å². The SMILES string of the molecule is C=C(C)C(=O)OC(C)OC(C(F)(F)F)C(F)(F)F.C=COC(=O)C(=C)C.CC(O)C(F)(F)F. The van der Waals surface area contributed by atoms with E-state index in [-0.39, 0.29) is 5.57 Å². The minimum atomic E-state index is -5.65. The van der Waals surface area contributed by atoms with Gasteiger partial charge in [0.05, 0.1) is 6.26 Å². The third kappa shape index (κ3) is 18.7. The van der Waals surface area contributed by atoms with E-state index in [1.165, 1.54) is 6.92 Å². The first kappa shape index (κ1) is 35.0. The van der Waals surface area contributed by atoms with Crippen molar-refractivity contribution < 1.29 is 68.4 Å². The molecule has 0 aromatic carbocycles. The molecule has 1 N–H and O–H groups in total. The van der Waals surface area contributed by atoms with Crippen LogP contribution in [0.3, 0.4) is 0 Å². The van der Waals surface area contributed by atoms with E-state index >= 15 is 0 Å². The molecule has 0 aliphatic rings. The third-order valence-corrected chi connectivity index (χ3v) is 2.56. The van der Waals surface area contributed by atoms with Crippen LogP contribution in [0.2, 0.25) is 0 Å². The summed E-state index contributed by atoms with van der Waals surface area (Å²) in [6, 6.07) is 0. The smallest absolute Gasteiger partial charge is 0.423 e. The van der Waals surface area contributed by atoms with Gasteiger partial charge in [0.15, 0.2) is 0 Å². The van der Waals surface area contributed by atoms with Crippen LogP contribution in [0.15, 0.2) is 37.1 Å². The van der Waals surface area contributed by atoms with Crippen molar-refractivity contribution in [3.8, 4) is 0 Å². The minimum absolute atomic E-state index is 0.180. The largest absolute Gasteiger partial charge is 0.433 e. The number of carbonyl (C=O) groups excluding carboxylic acids is 2. The van der Waals surface area contributed by atoms with Crippen LogP contribution in [-0.4, -0.2) is 54.1 Å². The molecular weight excluding hydrogens is 483 g/mol. The van der Waals surface area contributed by atoms with E-state index in [2.05, 4.69) is 33.9 Å². The molecule has 15 heteroatoms. The normalized spacial score (nSPS) is 13.3. The first-order valence-corrected chi connectivity index (χ1v) is 8.35. The van der Waals surface area contributed by atoms with Crippen molar-refractivity contribution in [2.75, 3.05) is 0 Å². The average molecular weight is 506 g/mol. The van der Waals surface area contributed by atoms with Gasteiger partial charge in [0.1, 0.15) is 6.10 Å². The maximum atomic E-state index is 12.1. The summed E-state index contributed by atoms with van der Waals surface area (Å²) in [5.41, 5.74) is 0.200. The second kappa shape index (κ2) is 14.6. The second-order valence-corrected chi connectivity index (χ2v) is 5.92. The molecule has 0 aromatic rings. The lowest BCUT2D eigenvalue weighted by molar-refractivity contribution is -0.346. The Labute approximate surface area is 183 Å². The van der Waals surface area contributed by atoms with Crippen molar-refractivity contribution in [1.29, 1.82) is 0 Å². The van der Waals surface area contributed by atoms with Gasteiger partial charge in [-0.3, -0.25) is 0 Å². The van der Waals surface area contributed by atoms with Crippen molar-refractivity contribution in [1.82, 2.24) is 0 Å². The molecule has 0 aromatic heterocycles. The van der Waals surface area contributed by atoms with Gasteiger partial charge in [0.25, 0.3) is 6.10 Å².